The Morgan fingerprint density at radius 2 is 1.90 bits per heavy atom. The van der Waals surface area contributed by atoms with Crippen molar-refractivity contribution in [3.05, 3.63) is 49.7 Å². The van der Waals surface area contributed by atoms with Crippen molar-refractivity contribution in [3.8, 4) is 5.75 Å². The molecule has 0 atom stereocenters. The second-order valence-electron chi connectivity index (χ2n) is 3.93. The molecule has 0 amide bonds. The number of carbonyl (C=O) groups is 1. The summed E-state index contributed by atoms with van der Waals surface area (Å²) in [5.74, 6) is -0.354. The molecule has 0 bridgehead atoms. The third-order valence-electron chi connectivity index (χ3n) is 2.41. The highest BCUT2D eigenvalue weighted by Gasteiger charge is 2.30. The van der Waals surface area contributed by atoms with Gasteiger partial charge in [-0.2, -0.15) is 0 Å². The first-order valence-electron chi connectivity index (χ1n) is 5.45. The van der Waals surface area contributed by atoms with Crippen LogP contribution in [0.3, 0.4) is 0 Å². The molecule has 0 aliphatic rings. The van der Waals surface area contributed by atoms with Gasteiger partial charge in [0.25, 0.3) is 0 Å². The van der Waals surface area contributed by atoms with Gasteiger partial charge in [0.2, 0.25) is 0 Å². The molecule has 2 rings (SSSR count). The summed E-state index contributed by atoms with van der Waals surface area (Å²) < 4.78 is 40.8. The Morgan fingerprint density at radius 1 is 1.25 bits per heavy atom. The average molecular weight is 412 g/mol. The molecule has 0 spiro atoms. The molecule has 2 aromatic rings. The molecule has 7 heteroatoms. The fourth-order valence-electron chi connectivity index (χ4n) is 1.55. The van der Waals surface area contributed by atoms with Gasteiger partial charge < -0.3 is 4.74 Å². The van der Waals surface area contributed by atoms with E-state index in [0.717, 1.165) is 2.88 Å². The molecule has 20 heavy (non-hydrogen) atoms. The van der Waals surface area contributed by atoms with Gasteiger partial charge in [-0.1, -0.05) is 12.1 Å². The number of benzene rings is 1. The predicted octanol–water partition coefficient (Wildman–Crippen LogP) is 4.68. The largest absolute Gasteiger partial charge is 0.573 e. The van der Waals surface area contributed by atoms with E-state index < -0.39 is 6.36 Å². The SMILES string of the molecule is O=C(Cc1ccc(OC(F)(F)F)cc1)c1csc(I)c1. The Morgan fingerprint density at radius 3 is 2.40 bits per heavy atom. The Bertz CT molecular complexity index is 605. The van der Waals surface area contributed by atoms with Crippen molar-refractivity contribution in [2.45, 2.75) is 12.8 Å². The van der Waals surface area contributed by atoms with Crippen LogP contribution < -0.4 is 4.74 Å². The van der Waals surface area contributed by atoms with E-state index in [1.807, 2.05) is 0 Å². The van der Waals surface area contributed by atoms with Gasteiger partial charge in [-0.3, -0.25) is 4.79 Å². The monoisotopic (exact) mass is 412 g/mol. The van der Waals surface area contributed by atoms with Gasteiger partial charge in [0.05, 0.1) is 2.88 Å². The molecule has 0 radical (unpaired) electrons. The van der Waals surface area contributed by atoms with Crippen molar-refractivity contribution in [1.29, 1.82) is 0 Å². The summed E-state index contributed by atoms with van der Waals surface area (Å²) >= 11 is 3.60. The second kappa shape index (κ2) is 6.13. The van der Waals surface area contributed by atoms with Crippen LogP contribution in [0.5, 0.6) is 5.75 Å². The minimum atomic E-state index is -4.70. The van der Waals surface area contributed by atoms with Crippen LogP contribution in [0.1, 0.15) is 15.9 Å². The number of Topliss-reactive ketones (excluding diaryl/α,β-unsaturated/α-hetero) is 1. The summed E-state index contributed by atoms with van der Waals surface area (Å²) in [7, 11) is 0. The van der Waals surface area contributed by atoms with Crippen molar-refractivity contribution < 1.29 is 22.7 Å². The molecule has 1 aromatic heterocycles. The number of halogens is 4. The maximum absolute atomic E-state index is 12.0. The standard InChI is InChI=1S/C13H8F3IO2S/c14-13(15,16)19-10-3-1-8(2-4-10)5-11(18)9-6-12(17)20-7-9/h1-4,6-7H,5H2. The van der Waals surface area contributed by atoms with Gasteiger partial charge in [0.1, 0.15) is 5.75 Å². The maximum atomic E-state index is 12.0. The fraction of sp³-hybridized carbons (Fsp3) is 0.154. The third-order valence-corrected chi connectivity index (χ3v) is 4.20. The predicted molar refractivity (Wildman–Crippen MR) is 78.2 cm³/mol. The van der Waals surface area contributed by atoms with Crippen LogP contribution >= 0.6 is 33.9 Å². The fourth-order valence-corrected chi connectivity index (χ4v) is 2.90. The van der Waals surface area contributed by atoms with Gasteiger partial charge in [0, 0.05) is 17.4 Å². The average Bonchev–Trinajstić information content (AvgIpc) is 2.77. The lowest BCUT2D eigenvalue weighted by Gasteiger charge is -2.09. The molecule has 0 N–H and O–H groups in total. The Hall–Kier alpha value is -1.09. The van der Waals surface area contributed by atoms with Crippen molar-refractivity contribution in [2.75, 3.05) is 0 Å². The Kier molecular flexibility index (Phi) is 4.69. The van der Waals surface area contributed by atoms with E-state index >= 15 is 0 Å². The molecule has 0 aliphatic heterocycles. The summed E-state index contributed by atoms with van der Waals surface area (Å²) in [6.45, 7) is 0. The first-order valence-corrected chi connectivity index (χ1v) is 7.41. The highest BCUT2D eigenvalue weighted by molar-refractivity contribution is 14.1. The number of thiophene rings is 1. The first-order chi connectivity index (χ1) is 9.33. The number of alkyl halides is 3. The molecule has 1 aromatic carbocycles. The minimum absolute atomic E-state index is 0.0614. The zero-order valence-corrected chi connectivity index (χ0v) is 12.9. The number of rotatable bonds is 4. The third kappa shape index (κ3) is 4.48. The van der Waals surface area contributed by atoms with E-state index in [-0.39, 0.29) is 18.0 Å². The minimum Gasteiger partial charge on any atom is -0.406 e. The van der Waals surface area contributed by atoms with E-state index in [9.17, 15) is 18.0 Å². The summed E-state index contributed by atoms with van der Waals surface area (Å²) in [6.07, 6.45) is -4.55. The molecule has 0 fully saturated rings. The summed E-state index contributed by atoms with van der Waals surface area (Å²) in [6, 6.07) is 7.10. The molecule has 1 heterocycles. The van der Waals surface area contributed by atoms with Crippen LogP contribution in [0.25, 0.3) is 0 Å². The molecular formula is C13H8F3IO2S. The molecule has 0 unspecified atom stereocenters. The van der Waals surface area contributed by atoms with Crippen LogP contribution in [0.2, 0.25) is 0 Å². The zero-order chi connectivity index (χ0) is 14.8. The molecule has 0 aliphatic carbocycles. The second-order valence-corrected chi connectivity index (χ2v) is 6.74. The van der Waals surface area contributed by atoms with Crippen LogP contribution in [0, 0.1) is 2.88 Å². The summed E-state index contributed by atoms with van der Waals surface area (Å²) in [5.41, 5.74) is 1.26. The molecule has 2 nitrogen and oxygen atoms in total. The van der Waals surface area contributed by atoms with E-state index in [2.05, 4.69) is 27.3 Å². The van der Waals surface area contributed by atoms with Gasteiger partial charge in [-0.05, 0) is 46.4 Å². The molecule has 0 saturated heterocycles. The van der Waals surface area contributed by atoms with Gasteiger partial charge in [-0.25, -0.2) is 0 Å². The number of ketones is 1. The molecule has 106 valence electrons. The van der Waals surface area contributed by atoms with E-state index in [1.165, 1.54) is 35.6 Å². The first kappa shape index (κ1) is 15.3. The topological polar surface area (TPSA) is 26.3 Å². The van der Waals surface area contributed by atoms with Crippen molar-refractivity contribution in [3.63, 3.8) is 0 Å². The molecular weight excluding hydrogens is 404 g/mol. The smallest absolute Gasteiger partial charge is 0.406 e. The van der Waals surface area contributed by atoms with Crippen LogP contribution in [-0.2, 0) is 6.42 Å². The highest BCUT2D eigenvalue weighted by atomic mass is 127. The summed E-state index contributed by atoms with van der Waals surface area (Å²) in [4.78, 5) is 11.9. The lowest BCUT2D eigenvalue weighted by Crippen LogP contribution is -2.17. The van der Waals surface area contributed by atoms with Crippen molar-refractivity contribution >= 4 is 39.7 Å². The van der Waals surface area contributed by atoms with Crippen LogP contribution in [0.15, 0.2) is 35.7 Å². The zero-order valence-electron chi connectivity index (χ0n) is 9.91. The normalized spacial score (nSPS) is 11.4. The number of hydrogen-bond acceptors (Lipinski definition) is 3. The lowest BCUT2D eigenvalue weighted by molar-refractivity contribution is -0.274. The van der Waals surface area contributed by atoms with Gasteiger partial charge >= 0.3 is 6.36 Å². The van der Waals surface area contributed by atoms with Crippen molar-refractivity contribution in [1.82, 2.24) is 0 Å². The Labute approximate surface area is 130 Å². The Balaban J connectivity index is 2.02. The maximum Gasteiger partial charge on any atom is 0.573 e. The van der Waals surface area contributed by atoms with Crippen molar-refractivity contribution in [2.24, 2.45) is 0 Å². The van der Waals surface area contributed by atoms with E-state index in [1.54, 1.807) is 11.4 Å². The van der Waals surface area contributed by atoms with Gasteiger partial charge in [-0.15, -0.1) is 24.5 Å². The number of ether oxygens (including phenoxy) is 1. The van der Waals surface area contributed by atoms with Gasteiger partial charge in [0.15, 0.2) is 5.78 Å². The number of carbonyl (C=O) groups excluding carboxylic acids is 1. The summed E-state index contributed by atoms with van der Waals surface area (Å²) in [5, 5.41) is 1.77. The lowest BCUT2D eigenvalue weighted by atomic mass is 10.1. The van der Waals surface area contributed by atoms with E-state index in [4.69, 9.17) is 0 Å². The highest BCUT2D eigenvalue weighted by Crippen LogP contribution is 2.23. The molecule has 0 saturated carbocycles. The quantitative estimate of drug-likeness (QED) is 0.539. The number of hydrogen-bond donors (Lipinski definition) is 0. The van der Waals surface area contributed by atoms with E-state index in [0.29, 0.717) is 11.1 Å². The van der Waals surface area contributed by atoms with Crippen LogP contribution in [0.4, 0.5) is 13.2 Å². The van der Waals surface area contributed by atoms with Crippen LogP contribution in [-0.4, -0.2) is 12.1 Å².